The number of aliphatic hydroxyl groups is 2. The number of aromatic carboxylic acids is 1. The van der Waals surface area contributed by atoms with E-state index in [2.05, 4.69) is 0 Å². The number of carbonyl (C=O) groups is 1. The Labute approximate surface area is 151 Å². The highest BCUT2D eigenvalue weighted by atomic mass is 32.2. The predicted octanol–water partition coefficient (Wildman–Crippen LogP) is 3.05. The van der Waals surface area contributed by atoms with Crippen molar-refractivity contribution in [3.8, 4) is 0 Å². The van der Waals surface area contributed by atoms with Gasteiger partial charge in [0.1, 0.15) is 0 Å². The molecule has 1 fully saturated rings. The Balaban J connectivity index is 1.80. The second-order valence-corrected chi connectivity index (χ2v) is 7.61. The molecule has 25 heavy (non-hydrogen) atoms. The topological polar surface area (TPSA) is 81.0 Å². The molecule has 0 bridgehead atoms. The minimum atomic E-state index is -1.36. The first kappa shape index (κ1) is 17.9. The Morgan fingerprint density at radius 3 is 2.44 bits per heavy atom. The first-order valence-electron chi connectivity index (χ1n) is 8.10. The summed E-state index contributed by atoms with van der Waals surface area (Å²) in [5.41, 5.74) is 0.845. The van der Waals surface area contributed by atoms with Crippen molar-refractivity contribution in [3.63, 3.8) is 0 Å². The Morgan fingerprint density at radius 1 is 1.20 bits per heavy atom. The molecule has 5 nitrogen and oxygen atoms in total. The molecule has 0 aliphatic carbocycles. The number of carboxylic acid groups (broad SMARTS) is 1. The minimum absolute atomic E-state index is 0.0507. The summed E-state index contributed by atoms with van der Waals surface area (Å²) in [6, 6.07) is 16.5. The fraction of sp³-hybridized carbons (Fsp3) is 0.316. The smallest absolute Gasteiger partial charge is 0.335 e. The Hall–Kier alpha value is -1.86. The van der Waals surface area contributed by atoms with E-state index in [1.54, 1.807) is 35.5 Å². The lowest BCUT2D eigenvalue weighted by molar-refractivity contribution is -0.140. The monoisotopic (exact) mass is 359 g/mol. The van der Waals surface area contributed by atoms with Crippen LogP contribution in [-0.2, 0) is 6.54 Å². The number of aliphatic hydroxyl groups excluding tert-OH is 1. The third kappa shape index (κ3) is 3.88. The molecule has 0 radical (unpaired) electrons. The molecule has 2 aromatic rings. The molecule has 6 heteroatoms. The summed E-state index contributed by atoms with van der Waals surface area (Å²) in [5, 5.41) is 30.2. The summed E-state index contributed by atoms with van der Waals surface area (Å²) in [4.78, 5) is 11.0. The van der Waals surface area contributed by atoms with Gasteiger partial charge in [0.15, 0.2) is 5.72 Å². The quantitative estimate of drug-likeness (QED) is 0.728. The Bertz CT molecular complexity index is 733. The van der Waals surface area contributed by atoms with Gasteiger partial charge in [-0.05, 0) is 36.6 Å². The lowest BCUT2D eigenvalue weighted by Crippen LogP contribution is -2.54. The van der Waals surface area contributed by atoms with E-state index in [-0.39, 0.29) is 10.8 Å². The standard InChI is InChI=1S/C19H21NO4S/c1-19(24)17(21)11-16(14-5-3-2-4-6-14)25-20(19)12-13-7-9-15(10-8-13)18(22)23/h2-10,16-17,21,24H,11-12H2,1H3,(H,22,23)/t16-,17?,19?/m0/s1. The van der Waals surface area contributed by atoms with Crippen LogP contribution in [0.25, 0.3) is 0 Å². The lowest BCUT2D eigenvalue weighted by Gasteiger charge is -2.46. The number of carboxylic acids is 1. The zero-order chi connectivity index (χ0) is 18.0. The van der Waals surface area contributed by atoms with Crippen LogP contribution in [0.4, 0.5) is 0 Å². The van der Waals surface area contributed by atoms with Crippen molar-refractivity contribution in [1.29, 1.82) is 0 Å². The highest BCUT2D eigenvalue weighted by Gasteiger charge is 2.44. The number of benzene rings is 2. The van der Waals surface area contributed by atoms with Gasteiger partial charge >= 0.3 is 5.97 Å². The van der Waals surface area contributed by atoms with E-state index in [0.717, 1.165) is 11.1 Å². The molecule has 2 aromatic carbocycles. The maximum atomic E-state index is 11.0. The maximum Gasteiger partial charge on any atom is 0.335 e. The molecule has 0 amide bonds. The SMILES string of the molecule is CC1(O)C(O)C[C@@H](c2ccccc2)SN1Cc1ccc(C(=O)O)cc1. The second-order valence-electron chi connectivity index (χ2n) is 6.39. The molecule has 3 N–H and O–H groups in total. The maximum absolute atomic E-state index is 11.0. The van der Waals surface area contributed by atoms with E-state index in [4.69, 9.17) is 5.11 Å². The summed E-state index contributed by atoms with van der Waals surface area (Å²) in [5.74, 6) is -0.967. The second kappa shape index (κ2) is 7.17. The first-order chi connectivity index (χ1) is 11.9. The van der Waals surface area contributed by atoms with E-state index in [1.165, 1.54) is 11.9 Å². The van der Waals surface area contributed by atoms with Crippen LogP contribution in [0, 0.1) is 0 Å². The fourth-order valence-electron chi connectivity index (χ4n) is 2.88. The first-order valence-corrected chi connectivity index (χ1v) is 8.93. The van der Waals surface area contributed by atoms with E-state index in [0.29, 0.717) is 13.0 Å². The largest absolute Gasteiger partial charge is 0.478 e. The summed E-state index contributed by atoms with van der Waals surface area (Å²) in [6.45, 7) is 2.01. The highest BCUT2D eigenvalue weighted by molar-refractivity contribution is 7.97. The third-order valence-electron chi connectivity index (χ3n) is 4.53. The third-order valence-corrected chi connectivity index (χ3v) is 6.00. The zero-order valence-corrected chi connectivity index (χ0v) is 14.7. The molecule has 0 saturated carbocycles. The van der Waals surface area contributed by atoms with Crippen LogP contribution >= 0.6 is 11.9 Å². The zero-order valence-electron chi connectivity index (χ0n) is 13.9. The molecule has 1 aliphatic heterocycles. The van der Waals surface area contributed by atoms with Gasteiger partial charge in [0, 0.05) is 11.8 Å². The average molecular weight is 359 g/mol. The van der Waals surface area contributed by atoms with Gasteiger partial charge in [0.05, 0.1) is 11.7 Å². The van der Waals surface area contributed by atoms with E-state index in [9.17, 15) is 15.0 Å². The number of nitrogens with zero attached hydrogens (tertiary/aromatic N) is 1. The van der Waals surface area contributed by atoms with Gasteiger partial charge in [-0.15, -0.1) is 0 Å². The van der Waals surface area contributed by atoms with E-state index >= 15 is 0 Å². The summed E-state index contributed by atoms with van der Waals surface area (Å²) < 4.78 is 1.77. The van der Waals surface area contributed by atoms with Crippen molar-refractivity contribution >= 4 is 17.9 Å². The van der Waals surface area contributed by atoms with Crippen LogP contribution < -0.4 is 0 Å². The van der Waals surface area contributed by atoms with Crippen LogP contribution in [0.15, 0.2) is 54.6 Å². The van der Waals surface area contributed by atoms with Gasteiger partial charge < -0.3 is 15.3 Å². The van der Waals surface area contributed by atoms with Crippen molar-refractivity contribution in [2.75, 3.05) is 0 Å². The van der Waals surface area contributed by atoms with Crippen molar-refractivity contribution in [1.82, 2.24) is 4.31 Å². The fourth-order valence-corrected chi connectivity index (χ4v) is 4.29. The van der Waals surface area contributed by atoms with E-state index < -0.39 is 17.8 Å². The highest BCUT2D eigenvalue weighted by Crippen LogP contribution is 2.46. The molecular weight excluding hydrogens is 338 g/mol. The molecular formula is C19H21NO4S. The van der Waals surface area contributed by atoms with E-state index in [1.807, 2.05) is 30.3 Å². The summed E-state index contributed by atoms with van der Waals surface area (Å²) in [6.07, 6.45) is -0.409. The summed E-state index contributed by atoms with van der Waals surface area (Å²) in [7, 11) is 0. The lowest BCUT2D eigenvalue weighted by atomic mass is 9.98. The van der Waals surface area contributed by atoms with Gasteiger partial charge in [-0.3, -0.25) is 0 Å². The minimum Gasteiger partial charge on any atom is -0.478 e. The van der Waals surface area contributed by atoms with Crippen molar-refractivity contribution in [2.24, 2.45) is 0 Å². The van der Waals surface area contributed by atoms with Crippen LogP contribution in [0.3, 0.4) is 0 Å². The summed E-state index contributed by atoms with van der Waals surface area (Å²) >= 11 is 1.51. The van der Waals surface area contributed by atoms with Gasteiger partial charge in [0.25, 0.3) is 0 Å². The molecule has 3 atom stereocenters. The predicted molar refractivity (Wildman–Crippen MR) is 97.0 cm³/mol. The van der Waals surface area contributed by atoms with Crippen LogP contribution in [0.1, 0.15) is 40.1 Å². The molecule has 1 saturated heterocycles. The average Bonchev–Trinajstić information content (AvgIpc) is 2.60. The van der Waals surface area contributed by atoms with Crippen LogP contribution in [-0.4, -0.2) is 37.4 Å². The number of hydrogen-bond donors (Lipinski definition) is 3. The van der Waals surface area contributed by atoms with Crippen molar-refractivity contribution < 1.29 is 20.1 Å². The molecule has 132 valence electrons. The normalized spacial score (nSPS) is 27.2. The van der Waals surface area contributed by atoms with Gasteiger partial charge in [-0.25, -0.2) is 9.10 Å². The molecule has 0 spiro atoms. The van der Waals surface area contributed by atoms with Crippen LogP contribution in [0.5, 0.6) is 0 Å². The molecule has 0 aromatic heterocycles. The molecule has 1 aliphatic rings. The molecule has 1 heterocycles. The van der Waals surface area contributed by atoms with Gasteiger partial charge in [0.2, 0.25) is 0 Å². The van der Waals surface area contributed by atoms with Crippen LogP contribution in [0.2, 0.25) is 0 Å². The van der Waals surface area contributed by atoms with Crippen molar-refractivity contribution in [3.05, 3.63) is 71.3 Å². The van der Waals surface area contributed by atoms with Gasteiger partial charge in [-0.1, -0.05) is 54.4 Å². The number of rotatable bonds is 4. The number of hydrogen-bond acceptors (Lipinski definition) is 5. The van der Waals surface area contributed by atoms with Gasteiger partial charge in [-0.2, -0.15) is 0 Å². The molecule has 3 rings (SSSR count). The molecule has 2 unspecified atom stereocenters. The van der Waals surface area contributed by atoms with Crippen molar-refractivity contribution in [2.45, 2.75) is 37.0 Å². The Kier molecular flexibility index (Phi) is 5.15. The Morgan fingerprint density at radius 2 is 1.84 bits per heavy atom.